The van der Waals surface area contributed by atoms with Gasteiger partial charge in [0.1, 0.15) is 5.60 Å². The van der Waals surface area contributed by atoms with Crippen molar-refractivity contribution in [2.75, 3.05) is 19.6 Å². The zero-order valence-electron chi connectivity index (χ0n) is 16.0. The molecule has 0 unspecified atom stereocenters. The second-order valence-corrected chi connectivity index (χ2v) is 8.46. The van der Waals surface area contributed by atoms with E-state index < -0.39 is 5.60 Å². The third-order valence-electron chi connectivity index (χ3n) is 5.20. The number of hydrogen-bond acceptors (Lipinski definition) is 4. The zero-order valence-corrected chi connectivity index (χ0v) is 16.0. The molecule has 6 nitrogen and oxygen atoms in total. The van der Waals surface area contributed by atoms with Crippen LogP contribution in [-0.4, -0.2) is 46.0 Å². The summed E-state index contributed by atoms with van der Waals surface area (Å²) in [4.78, 5) is 14.2. The Kier molecular flexibility index (Phi) is 5.37. The normalized spacial score (nSPS) is 24.1. The highest BCUT2D eigenvalue weighted by Crippen LogP contribution is 2.29. The third-order valence-corrected chi connectivity index (χ3v) is 5.20. The molecule has 0 bridgehead atoms. The number of nitrogens with one attached hydrogen (secondary N) is 1. The number of nitrogens with zero attached hydrogens (tertiary/aromatic N) is 3. The summed E-state index contributed by atoms with van der Waals surface area (Å²) in [6, 6.07) is 0.398. The van der Waals surface area contributed by atoms with Crippen LogP contribution in [0.2, 0.25) is 0 Å². The standard InChI is InChI=1S/C19H32N4O2/c1-19(2,3)25-18(24)23-10-6-7-14(13-23)11-20-16-8-5-9-17-15(16)12-21-22(17)4/h12,14,16,20H,5-11,13H2,1-4H3/t14-,16+/m1/s1. The summed E-state index contributed by atoms with van der Waals surface area (Å²) in [5.41, 5.74) is 2.29. The summed E-state index contributed by atoms with van der Waals surface area (Å²) in [5, 5.41) is 8.16. The van der Waals surface area contributed by atoms with Gasteiger partial charge in [-0.15, -0.1) is 0 Å². The van der Waals surface area contributed by atoms with E-state index in [4.69, 9.17) is 4.74 Å². The predicted molar refractivity (Wildman–Crippen MR) is 97.4 cm³/mol. The zero-order chi connectivity index (χ0) is 18.0. The number of hydrogen-bond donors (Lipinski definition) is 1. The van der Waals surface area contributed by atoms with Crippen molar-refractivity contribution < 1.29 is 9.53 Å². The Bertz CT molecular complexity index is 605. The highest BCUT2D eigenvalue weighted by Gasteiger charge is 2.29. The summed E-state index contributed by atoms with van der Waals surface area (Å²) in [6.45, 7) is 8.29. The molecule has 3 rings (SSSR count). The van der Waals surface area contributed by atoms with Crippen LogP contribution in [0.15, 0.2) is 6.20 Å². The first kappa shape index (κ1) is 18.2. The van der Waals surface area contributed by atoms with Gasteiger partial charge in [0, 0.05) is 44.0 Å². The number of amides is 1. The van der Waals surface area contributed by atoms with E-state index in [1.54, 1.807) is 0 Å². The average molecular weight is 348 g/mol. The van der Waals surface area contributed by atoms with Crippen molar-refractivity contribution in [2.45, 2.75) is 64.5 Å². The number of aromatic nitrogens is 2. The lowest BCUT2D eigenvalue weighted by atomic mass is 9.91. The van der Waals surface area contributed by atoms with Gasteiger partial charge in [0.05, 0.1) is 6.20 Å². The molecule has 1 aliphatic heterocycles. The quantitative estimate of drug-likeness (QED) is 0.912. The molecule has 1 amide bonds. The molecule has 1 aromatic heterocycles. The molecule has 2 heterocycles. The molecule has 0 radical (unpaired) electrons. The summed E-state index contributed by atoms with van der Waals surface area (Å²) in [5.74, 6) is 0.489. The fourth-order valence-corrected chi connectivity index (χ4v) is 3.95. The van der Waals surface area contributed by atoms with Gasteiger partial charge in [-0.1, -0.05) is 0 Å². The number of rotatable bonds is 3. The molecular formula is C19H32N4O2. The topological polar surface area (TPSA) is 59.4 Å². The molecule has 1 aromatic rings. The maximum atomic E-state index is 12.3. The van der Waals surface area contributed by atoms with Gasteiger partial charge < -0.3 is 15.0 Å². The van der Waals surface area contributed by atoms with E-state index in [0.29, 0.717) is 12.0 Å². The first-order chi connectivity index (χ1) is 11.8. The number of ether oxygens (including phenoxy) is 1. The van der Waals surface area contributed by atoms with Gasteiger partial charge >= 0.3 is 6.09 Å². The Labute approximate surface area is 150 Å². The number of carbonyl (C=O) groups excluding carboxylic acids is 1. The van der Waals surface area contributed by atoms with Crippen molar-refractivity contribution >= 4 is 6.09 Å². The number of fused-ring (bicyclic) bond motifs is 1. The van der Waals surface area contributed by atoms with Crippen LogP contribution in [0, 0.1) is 5.92 Å². The van der Waals surface area contributed by atoms with E-state index in [1.165, 1.54) is 30.5 Å². The van der Waals surface area contributed by atoms with E-state index in [1.807, 2.05) is 43.6 Å². The predicted octanol–water partition coefficient (Wildman–Crippen LogP) is 3.03. The number of carbonyl (C=O) groups is 1. The van der Waals surface area contributed by atoms with Crippen molar-refractivity contribution in [3.05, 3.63) is 17.5 Å². The van der Waals surface area contributed by atoms with Crippen LogP contribution in [0.5, 0.6) is 0 Å². The van der Waals surface area contributed by atoms with Crippen molar-refractivity contribution in [2.24, 2.45) is 13.0 Å². The molecular weight excluding hydrogens is 316 g/mol. The summed E-state index contributed by atoms with van der Waals surface area (Å²) in [7, 11) is 2.03. The minimum absolute atomic E-state index is 0.176. The molecule has 2 atom stereocenters. The Morgan fingerprint density at radius 3 is 2.92 bits per heavy atom. The molecule has 25 heavy (non-hydrogen) atoms. The smallest absolute Gasteiger partial charge is 0.410 e. The Morgan fingerprint density at radius 1 is 1.36 bits per heavy atom. The fraction of sp³-hybridized carbons (Fsp3) is 0.789. The third kappa shape index (κ3) is 4.54. The molecule has 2 aliphatic rings. The number of likely N-dealkylation sites (tertiary alicyclic amines) is 1. The maximum Gasteiger partial charge on any atom is 0.410 e. The van der Waals surface area contributed by atoms with Crippen LogP contribution in [0.25, 0.3) is 0 Å². The molecule has 1 fully saturated rings. The van der Waals surface area contributed by atoms with Crippen LogP contribution >= 0.6 is 0 Å². The van der Waals surface area contributed by atoms with Gasteiger partial charge in [0.25, 0.3) is 0 Å². The Balaban J connectivity index is 1.53. The van der Waals surface area contributed by atoms with Crippen LogP contribution in [0.3, 0.4) is 0 Å². The van der Waals surface area contributed by atoms with Gasteiger partial charge in [-0.3, -0.25) is 4.68 Å². The Hall–Kier alpha value is -1.56. The summed E-state index contributed by atoms with van der Waals surface area (Å²) in [6.07, 6.45) is 7.55. The highest BCUT2D eigenvalue weighted by molar-refractivity contribution is 5.68. The van der Waals surface area contributed by atoms with Crippen LogP contribution in [0.4, 0.5) is 4.79 Å². The largest absolute Gasteiger partial charge is 0.444 e. The van der Waals surface area contributed by atoms with Gasteiger partial charge in [0.15, 0.2) is 0 Å². The second kappa shape index (κ2) is 7.36. The van der Waals surface area contributed by atoms with Gasteiger partial charge in [-0.25, -0.2) is 4.79 Å². The lowest BCUT2D eigenvalue weighted by Crippen LogP contribution is -2.45. The van der Waals surface area contributed by atoms with Crippen LogP contribution in [0.1, 0.15) is 63.8 Å². The monoisotopic (exact) mass is 348 g/mol. The van der Waals surface area contributed by atoms with Gasteiger partial charge in [-0.05, 0) is 58.8 Å². The minimum Gasteiger partial charge on any atom is -0.444 e. The van der Waals surface area contributed by atoms with Crippen LogP contribution < -0.4 is 5.32 Å². The lowest BCUT2D eigenvalue weighted by Gasteiger charge is -2.35. The van der Waals surface area contributed by atoms with Crippen molar-refractivity contribution in [1.29, 1.82) is 0 Å². The summed E-state index contributed by atoms with van der Waals surface area (Å²) >= 11 is 0. The highest BCUT2D eigenvalue weighted by atomic mass is 16.6. The molecule has 0 spiro atoms. The SMILES string of the molecule is Cn1ncc2c1CCC[C@@H]2NC[C@H]1CCCN(C(=O)OC(C)(C)C)C1. The van der Waals surface area contributed by atoms with Gasteiger partial charge in [-0.2, -0.15) is 5.10 Å². The minimum atomic E-state index is -0.429. The van der Waals surface area contributed by atoms with E-state index >= 15 is 0 Å². The lowest BCUT2D eigenvalue weighted by molar-refractivity contribution is 0.0165. The van der Waals surface area contributed by atoms with Crippen LogP contribution in [-0.2, 0) is 18.2 Å². The van der Waals surface area contributed by atoms with Gasteiger partial charge in [0.2, 0.25) is 0 Å². The van der Waals surface area contributed by atoms with E-state index in [0.717, 1.165) is 32.5 Å². The summed E-state index contributed by atoms with van der Waals surface area (Å²) < 4.78 is 7.53. The first-order valence-electron chi connectivity index (χ1n) is 9.55. The molecule has 1 aliphatic carbocycles. The molecule has 1 N–H and O–H groups in total. The molecule has 6 heteroatoms. The van der Waals surface area contributed by atoms with E-state index in [2.05, 4.69) is 10.4 Å². The molecule has 0 saturated carbocycles. The fourth-order valence-electron chi connectivity index (χ4n) is 3.95. The first-order valence-corrected chi connectivity index (χ1v) is 9.55. The molecule has 140 valence electrons. The van der Waals surface area contributed by atoms with Crippen molar-refractivity contribution in [1.82, 2.24) is 20.0 Å². The molecule has 1 saturated heterocycles. The average Bonchev–Trinajstić information content (AvgIpc) is 2.94. The van der Waals surface area contributed by atoms with Crippen molar-refractivity contribution in [3.63, 3.8) is 0 Å². The maximum absolute atomic E-state index is 12.3. The number of piperidine rings is 1. The van der Waals surface area contributed by atoms with E-state index in [9.17, 15) is 4.79 Å². The Morgan fingerprint density at radius 2 is 2.16 bits per heavy atom. The second-order valence-electron chi connectivity index (χ2n) is 8.46. The number of aryl methyl sites for hydroxylation is 1. The molecule has 0 aromatic carbocycles. The van der Waals surface area contributed by atoms with Crippen molar-refractivity contribution in [3.8, 4) is 0 Å². The van der Waals surface area contributed by atoms with E-state index in [-0.39, 0.29) is 6.09 Å².